The Bertz CT molecular complexity index is 269. The molecule has 14 heavy (non-hydrogen) atoms. The van der Waals surface area contributed by atoms with E-state index in [1.807, 2.05) is 6.07 Å². The molecule has 0 aromatic heterocycles. The van der Waals surface area contributed by atoms with Gasteiger partial charge >= 0.3 is 0 Å². The molecule has 3 nitrogen and oxygen atoms in total. The molecule has 76 valence electrons. The minimum Gasteiger partial charge on any atom is -0.356 e. The number of nitrogens with one attached hydrogen (secondary N) is 2. The van der Waals surface area contributed by atoms with E-state index >= 15 is 0 Å². The zero-order chi connectivity index (χ0) is 10.2. The number of benzene rings is 1. The summed E-state index contributed by atoms with van der Waals surface area (Å²) in [6.07, 6.45) is 1.76. The first-order valence-corrected chi connectivity index (χ1v) is 4.51. The van der Waals surface area contributed by atoms with Gasteiger partial charge in [-0.15, -0.1) is 4.48 Å². The molecule has 1 aromatic rings. The molecule has 1 aliphatic rings. The molecule has 0 spiro atoms. The van der Waals surface area contributed by atoms with Crippen molar-refractivity contribution in [2.24, 2.45) is 0 Å². The lowest BCUT2D eigenvalue weighted by atomic mass is 10.3. The molecule has 1 fully saturated rings. The van der Waals surface area contributed by atoms with Gasteiger partial charge in [-0.25, -0.2) is 5.54 Å². The normalized spacial score (nSPS) is 13.9. The molecular weight excluding hydrogens is 183 g/mol. The topological polar surface area (TPSA) is 41.1 Å². The molecule has 2 N–H and O–H groups in total. The highest BCUT2D eigenvalue weighted by Gasteiger charge is 2.05. The summed E-state index contributed by atoms with van der Waals surface area (Å²) in [5.74, 6) is 0.204. The summed E-state index contributed by atoms with van der Waals surface area (Å²) in [7, 11) is 0. The van der Waals surface area contributed by atoms with E-state index < -0.39 is 0 Å². The zero-order valence-corrected chi connectivity index (χ0v) is 7.79. The Morgan fingerprint density at radius 2 is 2.00 bits per heavy atom. The van der Waals surface area contributed by atoms with Crippen LogP contribution in [0, 0.1) is 0 Å². The highest BCUT2D eigenvalue weighted by Crippen LogP contribution is 2.03. The fourth-order valence-electron chi connectivity index (χ4n) is 1.07. The summed E-state index contributed by atoms with van der Waals surface area (Å²) in [4.78, 5) is 10.1. The van der Waals surface area contributed by atoms with Crippen LogP contribution in [0.4, 0.5) is 10.2 Å². The van der Waals surface area contributed by atoms with E-state index in [0.717, 1.165) is 19.4 Å². The number of carbonyl (C=O) groups excluding carboxylic acids is 1. The van der Waals surface area contributed by atoms with Crippen molar-refractivity contribution in [1.29, 1.82) is 0 Å². The highest BCUT2D eigenvalue weighted by molar-refractivity contribution is 5.77. The summed E-state index contributed by atoms with van der Waals surface area (Å²) in [6.45, 7) is 0.888. The third-order valence-electron chi connectivity index (χ3n) is 1.79. The molecular formula is C10H13FN2O. The maximum atomic E-state index is 11.5. The lowest BCUT2D eigenvalue weighted by Crippen LogP contribution is -2.12. The van der Waals surface area contributed by atoms with Gasteiger partial charge < -0.3 is 5.32 Å². The Morgan fingerprint density at radius 1 is 1.29 bits per heavy atom. The highest BCUT2D eigenvalue weighted by atomic mass is 19.2. The van der Waals surface area contributed by atoms with Gasteiger partial charge in [0.15, 0.2) is 0 Å². The van der Waals surface area contributed by atoms with Crippen molar-refractivity contribution in [3.63, 3.8) is 0 Å². The lowest BCUT2D eigenvalue weighted by Gasteiger charge is -1.89. The Labute approximate surface area is 82.3 Å². The van der Waals surface area contributed by atoms with Crippen LogP contribution < -0.4 is 10.9 Å². The molecule has 1 aromatic carbocycles. The zero-order valence-electron chi connectivity index (χ0n) is 7.79. The van der Waals surface area contributed by atoms with Gasteiger partial charge in [0.25, 0.3) is 0 Å². The number of halogens is 1. The second-order valence-electron chi connectivity index (χ2n) is 2.91. The molecule has 0 aliphatic carbocycles. The Balaban J connectivity index is 0.000000146. The molecule has 1 aliphatic heterocycles. The molecule has 1 heterocycles. The molecule has 0 radical (unpaired) electrons. The van der Waals surface area contributed by atoms with Gasteiger partial charge in [-0.05, 0) is 18.6 Å². The first-order valence-electron chi connectivity index (χ1n) is 4.51. The maximum Gasteiger partial charge on any atom is 0.220 e. The van der Waals surface area contributed by atoms with E-state index in [0.29, 0.717) is 5.69 Å². The smallest absolute Gasteiger partial charge is 0.220 e. The molecule has 0 saturated carbocycles. The third-order valence-corrected chi connectivity index (χ3v) is 1.79. The van der Waals surface area contributed by atoms with Gasteiger partial charge in [-0.1, -0.05) is 18.2 Å². The molecule has 0 unspecified atom stereocenters. The van der Waals surface area contributed by atoms with E-state index in [-0.39, 0.29) is 5.91 Å². The van der Waals surface area contributed by atoms with Crippen LogP contribution in [0.2, 0.25) is 0 Å². The van der Waals surface area contributed by atoms with Crippen LogP contribution in [0.5, 0.6) is 0 Å². The minimum atomic E-state index is 0.204. The summed E-state index contributed by atoms with van der Waals surface area (Å²) in [6, 6.07) is 8.67. The summed E-state index contributed by atoms with van der Waals surface area (Å²) >= 11 is 0. The summed E-state index contributed by atoms with van der Waals surface area (Å²) in [5.41, 5.74) is 2.02. The second kappa shape index (κ2) is 5.96. The fourth-order valence-corrected chi connectivity index (χ4v) is 1.07. The van der Waals surface area contributed by atoms with E-state index in [4.69, 9.17) is 0 Å². The molecule has 0 bridgehead atoms. The third kappa shape index (κ3) is 3.89. The number of rotatable bonds is 1. The van der Waals surface area contributed by atoms with E-state index in [1.165, 1.54) is 5.54 Å². The van der Waals surface area contributed by atoms with Gasteiger partial charge in [-0.3, -0.25) is 4.79 Å². The van der Waals surface area contributed by atoms with Crippen LogP contribution in [0.1, 0.15) is 12.8 Å². The van der Waals surface area contributed by atoms with Crippen molar-refractivity contribution < 1.29 is 9.28 Å². The SMILES string of the molecule is FNc1ccccc1.O=C1CCCN1. The van der Waals surface area contributed by atoms with Crippen molar-refractivity contribution in [3.05, 3.63) is 30.3 Å². The van der Waals surface area contributed by atoms with Crippen LogP contribution in [0.15, 0.2) is 30.3 Å². The van der Waals surface area contributed by atoms with E-state index in [2.05, 4.69) is 5.32 Å². The van der Waals surface area contributed by atoms with Gasteiger partial charge in [0, 0.05) is 13.0 Å². The largest absolute Gasteiger partial charge is 0.356 e. The number of hydrogen-bond acceptors (Lipinski definition) is 2. The molecule has 4 heteroatoms. The van der Waals surface area contributed by atoms with Crippen molar-refractivity contribution in [2.75, 3.05) is 12.1 Å². The number of amides is 1. The molecule has 1 amide bonds. The molecule has 1 saturated heterocycles. The number of carbonyl (C=O) groups is 1. The van der Waals surface area contributed by atoms with Crippen molar-refractivity contribution >= 4 is 11.6 Å². The van der Waals surface area contributed by atoms with Crippen LogP contribution in [-0.4, -0.2) is 12.5 Å². The monoisotopic (exact) mass is 196 g/mol. The lowest BCUT2D eigenvalue weighted by molar-refractivity contribution is -0.119. The Kier molecular flexibility index (Phi) is 4.47. The van der Waals surface area contributed by atoms with Crippen molar-refractivity contribution in [1.82, 2.24) is 5.32 Å². The van der Waals surface area contributed by atoms with Gasteiger partial charge in [0.05, 0.1) is 5.69 Å². The van der Waals surface area contributed by atoms with Crippen LogP contribution >= 0.6 is 0 Å². The van der Waals surface area contributed by atoms with Crippen LogP contribution in [0.25, 0.3) is 0 Å². The standard InChI is InChI=1S/C6H6FN.C4H7NO/c7-8-6-4-2-1-3-5-6;6-4-2-1-3-5-4/h1-5,8H;1-3H2,(H,5,6). The average molecular weight is 196 g/mol. The maximum absolute atomic E-state index is 11.5. The number of para-hydroxylation sites is 1. The number of anilines is 1. The van der Waals surface area contributed by atoms with Crippen molar-refractivity contribution in [3.8, 4) is 0 Å². The average Bonchev–Trinajstić information content (AvgIpc) is 2.71. The van der Waals surface area contributed by atoms with E-state index in [9.17, 15) is 9.28 Å². The van der Waals surface area contributed by atoms with Crippen LogP contribution in [0.3, 0.4) is 0 Å². The number of hydrogen-bond donors (Lipinski definition) is 2. The summed E-state index contributed by atoms with van der Waals surface area (Å²) in [5, 5.41) is 2.68. The first kappa shape index (κ1) is 10.5. The predicted molar refractivity (Wildman–Crippen MR) is 53.4 cm³/mol. The first-order chi connectivity index (χ1) is 6.83. The Morgan fingerprint density at radius 3 is 2.29 bits per heavy atom. The van der Waals surface area contributed by atoms with Gasteiger partial charge in [0.1, 0.15) is 0 Å². The molecule has 0 atom stereocenters. The summed E-state index contributed by atoms with van der Waals surface area (Å²) < 4.78 is 11.5. The van der Waals surface area contributed by atoms with Gasteiger partial charge in [0.2, 0.25) is 5.91 Å². The second-order valence-corrected chi connectivity index (χ2v) is 2.91. The fraction of sp³-hybridized carbons (Fsp3) is 0.300. The van der Waals surface area contributed by atoms with Crippen LogP contribution in [-0.2, 0) is 4.79 Å². The van der Waals surface area contributed by atoms with Crippen molar-refractivity contribution in [2.45, 2.75) is 12.8 Å². The van der Waals surface area contributed by atoms with Gasteiger partial charge in [-0.2, -0.15) is 0 Å². The minimum absolute atomic E-state index is 0.204. The van der Waals surface area contributed by atoms with E-state index in [1.54, 1.807) is 24.3 Å². The Hall–Kier alpha value is -1.58. The predicted octanol–water partition coefficient (Wildman–Crippen LogP) is 1.88. The quantitative estimate of drug-likeness (QED) is 0.673. The molecule has 2 rings (SSSR count).